The maximum absolute atomic E-state index is 12.4. The molecule has 0 aliphatic carbocycles. The van der Waals surface area contributed by atoms with Crippen LogP contribution in [-0.2, 0) is 6.54 Å². The number of nitrogens with zero attached hydrogens (tertiary/aromatic N) is 3. The van der Waals surface area contributed by atoms with Crippen molar-refractivity contribution in [2.75, 3.05) is 5.32 Å². The molecule has 2 amide bonds. The molecule has 3 aromatic carbocycles. The number of amides is 2. The van der Waals surface area contributed by atoms with Crippen LogP contribution in [0.4, 0.5) is 10.5 Å². The van der Waals surface area contributed by atoms with Crippen LogP contribution in [0.1, 0.15) is 5.82 Å². The minimum Gasteiger partial charge on any atom is -0.436 e. The van der Waals surface area contributed by atoms with Gasteiger partial charge >= 0.3 is 6.03 Å². The molecule has 0 fully saturated rings. The van der Waals surface area contributed by atoms with Crippen molar-refractivity contribution in [2.45, 2.75) is 6.54 Å². The number of hydrogen-bond acceptors (Lipinski definition) is 5. The van der Waals surface area contributed by atoms with E-state index >= 15 is 0 Å². The second-order valence-electron chi connectivity index (χ2n) is 6.99. The van der Waals surface area contributed by atoms with Gasteiger partial charge in [0.1, 0.15) is 11.3 Å². The number of carbonyl (C=O) groups is 1. The van der Waals surface area contributed by atoms with Crippen LogP contribution in [-0.4, -0.2) is 26.2 Å². The SMILES string of the molecule is O=C(NCc1nc(-c2ccc(Br)cc2)n[nH]1)Nc1cccc(-c2nc3ccccc3o2)c1. The summed E-state index contributed by atoms with van der Waals surface area (Å²) in [5, 5.41) is 12.6. The van der Waals surface area contributed by atoms with Gasteiger partial charge in [-0.15, -0.1) is 0 Å². The number of rotatable bonds is 5. The van der Waals surface area contributed by atoms with Gasteiger partial charge in [-0.2, -0.15) is 5.10 Å². The molecule has 2 heterocycles. The molecule has 0 aliphatic rings. The lowest BCUT2D eigenvalue weighted by Gasteiger charge is -2.07. The highest BCUT2D eigenvalue weighted by Crippen LogP contribution is 2.26. The summed E-state index contributed by atoms with van der Waals surface area (Å²) in [5.74, 6) is 1.62. The van der Waals surface area contributed by atoms with Crippen LogP contribution in [0.15, 0.2) is 81.7 Å². The zero-order valence-electron chi connectivity index (χ0n) is 16.7. The largest absolute Gasteiger partial charge is 0.436 e. The molecule has 8 nitrogen and oxygen atoms in total. The minimum atomic E-state index is -0.360. The summed E-state index contributed by atoms with van der Waals surface area (Å²) in [6.45, 7) is 0.209. The number of benzene rings is 3. The Morgan fingerprint density at radius 1 is 0.969 bits per heavy atom. The molecule has 0 bridgehead atoms. The molecule has 5 aromatic rings. The molecule has 0 radical (unpaired) electrons. The Kier molecular flexibility index (Phi) is 5.39. The molecule has 0 saturated heterocycles. The van der Waals surface area contributed by atoms with Crippen LogP contribution in [0.3, 0.4) is 0 Å². The third-order valence-corrected chi connectivity index (χ3v) is 5.24. The summed E-state index contributed by atoms with van der Waals surface area (Å²) >= 11 is 3.40. The van der Waals surface area contributed by atoms with Gasteiger partial charge in [0.25, 0.3) is 0 Å². The number of para-hydroxylation sites is 2. The van der Waals surface area contributed by atoms with Crippen LogP contribution in [0.5, 0.6) is 0 Å². The number of H-pyrrole nitrogens is 1. The van der Waals surface area contributed by atoms with E-state index in [2.05, 4.69) is 46.7 Å². The first-order valence-corrected chi connectivity index (χ1v) is 10.6. The van der Waals surface area contributed by atoms with Crippen LogP contribution in [0.25, 0.3) is 33.9 Å². The van der Waals surface area contributed by atoms with Gasteiger partial charge in [-0.3, -0.25) is 5.10 Å². The monoisotopic (exact) mass is 488 g/mol. The molecule has 3 N–H and O–H groups in total. The molecule has 2 aromatic heterocycles. The quantitative estimate of drug-likeness (QED) is 0.308. The standard InChI is InChI=1S/C23H17BrN6O2/c24-16-10-8-14(9-11-16)21-28-20(29-30-21)13-25-23(31)26-17-5-3-4-15(12-17)22-27-18-6-1-2-7-19(18)32-22/h1-12H,13H2,(H2,25,26,31)(H,28,29,30). The first kappa shape index (κ1) is 20.0. The van der Waals surface area contributed by atoms with Crippen LogP contribution in [0, 0.1) is 0 Å². The summed E-state index contributed by atoms with van der Waals surface area (Å²) in [6, 6.07) is 22.2. The van der Waals surface area contributed by atoms with E-state index in [0.717, 1.165) is 21.1 Å². The van der Waals surface area contributed by atoms with Crippen molar-refractivity contribution < 1.29 is 9.21 Å². The fraction of sp³-hybridized carbons (Fsp3) is 0.0435. The van der Waals surface area contributed by atoms with Crippen molar-refractivity contribution in [3.63, 3.8) is 0 Å². The lowest BCUT2D eigenvalue weighted by atomic mass is 10.2. The second-order valence-corrected chi connectivity index (χ2v) is 7.90. The first-order valence-electron chi connectivity index (χ1n) is 9.82. The first-order chi connectivity index (χ1) is 15.6. The molecular weight excluding hydrogens is 472 g/mol. The fourth-order valence-corrected chi connectivity index (χ4v) is 3.43. The third kappa shape index (κ3) is 4.37. The highest BCUT2D eigenvalue weighted by Gasteiger charge is 2.11. The van der Waals surface area contributed by atoms with Crippen molar-refractivity contribution in [2.24, 2.45) is 0 Å². The van der Waals surface area contributed by atoms with Gasteiger partial charge in [-0.25, -0.2) is 14.8 Å². The lowest BCUT2D eigenvalue weighted by Crippen LogP contribution is -2.28. The average Bonchev–Trinajstić information content (AvgIpc) is 3.46. The van der Waals surface area contributed by atoms with Crippen molar-refractivity contribution >= 4 is 38.7 Å². The van der Waals surface area contributed by atoms with Crippen molar-refractivity contribution in [1.82, 2.24) is 25.5 Å². The van der Waals surface area contributed by atoms with E-state index < -0.39 is 0 Å². The zero-order chi connectivity index (χ0) is 21.9. The average molecular weight is 489 g/mol. The highest BCUT2D eigenvalue weighted by molar-refractivity contribution is 9.10. The molecule has 0 spiro atoms. The van der Waals surface area contributed by atoms with E-state index in [4.69, 9.17) is 4.42 Å². The number of urea groups is 1. The summed E-state index contributed by atoms with van der Waals surface area (Å²) < 4.78 is 6.79. The van der Waals surface area contributed by atoms with Gasteiger partial charge < -0.3 is 15.1 Å². The minimum absolute atomic E-state index is 0.209. The number of oxazole rings is 1. The Balaban J connectivity index is 1.22. The van der Waals surface area contributed by atoms with Crippen molar-refractivity contribution in [1.29, 1.82) is 0 Å². The van der Waals surface area contributed by atoms with E-state index in [0.29, 0.717) is 28.8 Å². The molecule has 0 aliphatic heterocycles. The summed E-state index contributed by atoms with van der Waals surface area (Å²) in [6.07, 6.45) is 0. The Morgan fingerprint density at radius 2 is 1.81 bits per heavy atom. The van der Waals surface area contributed by atoms with E-state index in [9.17, 15) is 4.79 Å². The Hall–Kier alpha value is -3.98. The molecule has 32 heavy (non-hydrogen) atoms. The number of anilines is 1. The summed E-state index contributed by atoms with van der Waals surface area (Å²) in [4.78, 5) is 21.3. The predicted molar refractivity (Wildman–Crippen MR) is 125 cm³/mol. The number of aromatic nitrogens is 4. The molecular formula is C23H17BrN6O2. The number of fused-ring (bicyclic) bond motifs is 1. The van der Waals surface area contributed by atoms with Crippen molar-refractivity contribution in [3.8, 4) is 22.8 Å². The number of halogens is 1. The Morgan fingerprint density at radius 3 is 2.66 bits per heavy atom. The maximum atomic E-state index is 12.4. The summed E-state index contributed by atoms with van der Waals surface area (Å²) in [7, 11) is 0. The normalized spacial score (nSPS) is 10.9. The van der Waals surface area contributed by atoms with E-state index in [1.807, 2.05) is 66.7 Å². The Bertz CT molecular complexity index is 1360. The van der Waals surface area contributed by atoms with Gasteiger partial charge in [-0.1, -0.05) is 46.3 Å². The van der Waals surface area contributed by atoms with Gasteiger partial charge in [0, 0.05) is 21.3 Å². The number of nitrogens with one attached hydrogen (secondary N) is 3. The smallest absolute Gasteiger partial charge is 0.319 e. The number of aromatic amines is 1. The van der Waals surface area contributed by atoms with Crippen LogP contribution >= 0.6 is 15.9 Å². The number of carbonyl (C=O) groups excluding carboxylic acids is 1. The number of hydrogen-bond donors (Lipinski definition) is 3. The topological polar surface area (TPSA) is 109 Å². The molecule has 5 rings (SSSR count). The second kappa shape index (κ2) is 8.64. The predicted octanol–water partition coefficient (Wildman–Crippen LogP) is 5.36. The van der Waals surface area contributed by atoms with Gasteiger partial charge in [0.2, 0.25) is 5.89 Å². The van der Waals surface area contributed by atoms with E-state index in [-0.39, 0.29) is 12.6 Å². The van der Waals surface area contributed by atoms with Crippen LogP contribution < -0.4 is 10.6 Å². The lowest BCUT2D eigenvalue weighted by molar-refractivity contribution is 0.251. The molecule has 0 atom stereocenters. The van der Waals surface area contributed by atoms with Gasteiger partial charge in [0.15, 0.2) is 11.4 Å². The molecule has 158 valence electrons. The van der Waals surface area contributed by atoms with Gasteiger partial charge in [0.05, 0.1) is 6.54 Å². The Labute approximate surface area is 191 Å². The van der Waals surface area contributed by atoms with E-state index in [1.54, 1.807) is 6.07 Å². The van der Waals surface area contributed by atoms with Crippen LogP contribution in [0.2, 0.25) is 0 Å². The summed E-state index contributed by atoms with van der Waals surface area (Å²) in [5.41, 5.74) is 3.78. The highest BCUT2D eigenvalue weighted by atomic mass is 79.9. The maximum Gasteiger partial charge on any atom is 0.319 e. The zero-order valence-corrected chi connectivity index (χ0v) is 18.3. The fourth-order valence-electron chi connectivity index (χ4n) is 3.17. The molecule has 0 unspecified atom stereocenters. The molecule has 0 saturated carbocycles. The molecule has 9 heteroatoms. The third-order valence-electron chi connectivity index (χ3n) is 4.71. The van der Waals surface area contributed by atoms with Crippen molar-refractivity contribution in [3.05, 3.63) is 83.1 Å². The van der Waals surface area contributed by atoms with Gasteiger partial charge in [-0.05, 0) is 42.5 Å². The van der Waals surface area contributed by atoms with E-state index in [1.165, 1.54) is 0 Å².